The minimum Gasteiger partial charge on any atom is -0.290 e. The van der Waals surface area contributed by atoms with E-state index >= 15 is 0 Å². The average molecular weight is 241 g/mol. The first kappa shape index (κ1) is 13.0. The molecule has 0 aromatic heterocycles. The first-order valence-corrected chi connectivity index (χ1v) is 7.15. The van der Waals surface area contributed by atoms with E-state index in [2.05, 4.69) is 17.7 Å². The fourth-order valence-electron chi connectivity index (χ4n) is 1.61. The number of rotatable bonds is 0. The Morgan fingerprint density at radius 2 is 2.00 bits per heavy atom. The van der Waals surface area contributed by atoms with Crippen LogP contribution in [0, 0.1) is 0 Å². The molecule has 90 valence electrons. The minimum absolute atomic E-state index is 0.202. The Balaban J connectivity index is 2.82. The van der Waals surface area contributed by atoms with Gasteiger partial charge in [0.15, 0.2) is 0 Å². The van der Waals surface area contributed by atoms with Crippen molar-refractivity contribution >= 4 is 10.0 Å². The second kappa shape index (κ2) is 5.89. The molecule has 0 atom stereocenters. The molecule has 1 aliphatic heterocycles. The normalized spacial score (nSPS) is 30.6. The molecule has 0 saturated heterocycles. The molecule has 3 nitrogen and oxygen atoms in total. The summed E-state index contributed by atoms with van der Waals surface area (Å²) in [7, 11) is -3.13. The van der Waals surface area contributed by atoms with Crippen LogP contribution < -0.4 is 4.72 Å². The standard InChI is InChI=1S/C12H19NO2S/c1-11-6-3-4-9-16(14,15)13-8-5-7-12(2)10-11/h5,7-8,10,13H,3-4,6,9H2,1-2H3/b8-5+,11-10+,12-7-. The number of nitrogens with one attached hydrogen (secondary N) is 1. The molecule has 1 heterocycles. The van der Waals surface area contributed by atoms with Crippen molar-refractivity contribution in [1.29, 1.82) is 0 Å². The molecular formula is C12H19NO2S. The zero-order valence-electron chi connectivity index (χ0n) is 9.86. The van der Waals surface area contributed by atoms with E-state index in [1.165, 1.54) is 11.8 Å². The quantitative estimate of drug-likeness (QED) is 0.708. The van der Waals surface area contributed by atoms with E-state index < -0.39 is 10.0 Å². The maximum Gasteiger partial charge on any atom is 0.232 e. The van der Waals surface area contributed by atoms with Crippen molar-refractivity contribution in [2.45, 2.75) is 33.1 Å². The van der Waals surface area contributed by atoms with Crippen molar-refractivity contribution in [2.24, 2.45) is 0 Å². The van der Waals surface area contributed by atoms with Crippen molar-refractivity contribution in [1.82, 2.24) is 4.72 Å². The van der Waals surface area contributed by atoms with Gasteiger partial charge >= 0.3 is 0 Å². The van der Waals surface area contributed by atoms with Gasteiger partial charge in [0, 0.05) is 6.20 Å². The van der Waals surface area contributed by atoms with Crippen LogP contribution in [0.15, 0.2) is 35.6 Å². The van der Waals surface area contributed by atoms with Gasteiger partial charge in [0.05, 0.1) is 5.75 Å². The molecule has 16 heavy (non-hydrogen) atoms. The van der Waals surface area contributed by atoms with Crippen molar-refractivity contribution in [3.63, 3.8) is 0 Å². The monoisotopic (exact) mass is 241 g/mol. The summed E-state index contributed by atoms with van der Waals surface area (Å²) in [5, 5.41) is 0. The van der Waals surface area contributed by atoms with E-state index in [-0.39, 0.29) is 5.75 Å². The molecule has 0 saturated carbocycles. The smallest absolute Gasteiger partial charge is 0.232 e. The maximum atomic E-state index is 11.5. The molecule has 0 aliphatic carbocycles. The molecule has 0 bridgehead atoms. The topological polar surface area (TPSA) is 46.2 Å². The van der Waals surface area contributed by atoms with E-state index in [0.29, 0.717) is 6.42 Å². The van der Waals surface area contributed by atoms with Crippen LogP contribution in [-0.2, 0) is 10.0 Å². The molecule has 1 rings (SSSR count). The average Bonchev–Trinajstić information content (AvgIpc) is 2.18. The van der Waals surface area contributed by atoms with Gasteiger partial charge in [-0.2, -0.15) is 0 Å². The largest absolute Gasteiger partial charge is 0.290 e. The predicted molar refractivity (Wildman–Crippen MR) is 67.4 cm³/mol. The zero-order valence-corrected chi connectivity index (χ0v) is 10.7. The highest BCUT2D eigenvalue weighted by molar-refractivity contribution is 7.89. The molecule has 1 N–H and O–H groups in total. The van der Waals surface area contributed by atoms with Crippen LogP contribution in [0.5, 0.6) is 0 Å². The molecule has 0 unspecified atom stereocenters. The van der Waals surface area contributed by atoms with Gasteiger partial charge in [-0.1, -0.05) is 23.3 Å². The number of hydrogen-bond acceptors (Lipinski definition) is 2. The van der Waals surface area contributed by atoms with Crippen LogP contribution in [0.25, 0.3) is 0 Å². The second-order valence-electron chi connectivity index (χ2n) is 4.15. The van der Waals surface area contributed by atoms with Crippen molar-refractivity contribution < 1.29 is 8.42 Å². The third-order valence-corrected chi connectivity index (χ3v) is 3.73. The molecule has 0 fully saturated rings. The first-order chi connectivity index (χ1) is 7.49. The number of allylic oxidation sites excluding steroid dienone is 5. The Morgan fingerprint density at radius 3 is 2.75 bits per heavy atom. The van der Waals surface area contributed by atoms with Crippen molar-refractivity contribution in [3.05, 3.63) is 35.6 Å². The van der Waals surface area contributed by atoms with Gasteiger partial charge in [0.1, 0.15) is 0 Å². The Hall–Kier alpha value is -1.03. The summed E-state index contributed by atoms with van der Waals surface area (Å²) in [5.41, 5.74) is 2.43. The fraction of sp³-hybridized carbons (Fsp3) is 0.500. The lowest BCUT2D eigenvalue weighted by atomic mass is 10.1. The van der Waals surface area contributed by atoms with Gasteiger partial charge < -0.3 is 0 Å². The van der Waals surface area contributed by atoms with Gasteiger partial charge in [-0.05, 0) is 39.2 Å². The predicted octanol–water partition coefficient (Wildman–Crippen LogP) is 2.50. The van der Waals surface area contributed by atoms with Crippen LogP contribution in [0.1, 0.15) is 33.1 Å². The Kier molecular flexibility index (Phi) is 4.80. The molecule has 0 aromatic rings. The third kappa shape index (κ3) is 5.16. The molecule has 1 aliphatic rings. The summed E-state index contributed by atoms with van der Waals surface area (Å²) in [6, 6.07) is 0. The first-order valence-electron chi connectivity index (χ1n) is 5.50. The second-order valence-corrected chi connectivity index (χ2v) is 6.03. The van der Waals surface area contributed by atoms with Crippen LogP contribution in [-0.4, -0.2) is 14.2 Å². The van der Waals surface area contributed by atoms with Crippen LogP contribution in [0.3, 0.4) is 0 Å². The summed E-state index contributed by atoms with van der Waals surface area (Å²) in [5.74, 6) is 0.202. The fourth-order valence-corrected chi connectivity index (χ4v) is 2.59. The van der Waals surface area contributed by atoms with Gasteiger partial charge in [-0.25, -0.2) is 8.42 Å². The van der Waals surface area contributed by atoms with Gasteiger partial charge in [-0.3, -0.25) is 4.72 Å². The Bertz CT molecular complexity index is 416. The molecule has 0 amide bonds. The summed E-state index contributed by atoms with van der Waals surface area (Å²) in [6.07, 6.45) is 9.82. The van der Waals surface area contributed by atoms with E-state index in [0.717, 1.165) is 18.4 Å². The number of sulfonamides is 1. The zero-order chi connectivity index (χ0) is 12.0. The maximum absolute atomic E-state index is 11.5. The van der Waals surface area contributed by atoms with Crippen LogP contribution in [0.2, 0.25) is 0 Å². The molecular weight excluding hydrogens is 222 g/mol. The van der Waals surface area contributed by atoms with Crippen LogP contribution in [0.4, 0.5) is 0 Å². The lowest BCUT2D eigenvalue weighted by Gasteiger charge is -2.05. The van der Waals surface area contributed by atoms with Crippen molar-refractivity contribution in [2.75, 3.05) is 5.75 Å². The Morgan fingerprint density at radius 1 is 1.25 bits per heavy atom. The lowest BCUT2D eigenvalue weighted by molar-refractivity contribution is 0.586. The van der Waals surface area contributed by atoms with E-state index in [4.69, 9.17) is 0 Å². The van der Waals surface area contributed by atoms with Gasteiger partial charge in [0.2, 0.25) is 10.0 Å². The van der Waals surface area contributed by atoms with E-state index in [9.17, 15) is 8.42 Å². The SMILES string of the molecule is CC1=C/C=C/NS(=O)(=O)CCCC\C(C)=C\1. The van der Waals surface area contributed by atoms with Gasteiger partial charge in [0.25, 0.3) is 0 Å². The van der Waals surface area contributed by atoms with Gasteiger partial charge in [-0.15, -0.1) is 0 Å². The number of hydrogen-bond donors (Lipinski definition) is 1. The van der Waals surface area contributed by atoms with E-state index in [1.54, 1.807) is 6.08 Å². The molecule has 0 aromatic carbocycles. The molecule has 0 spiro atoms. The third-order valence-electron chi connectivity index (χ3n) is 2.41. The lowest BCUT2D eigenvalue weighted by Crippen LogP contribution is -2.21. The summed E-state index contributed by atoms with van der Waals surface area (Å²) in [4.78, 5) is 0. The summed E-state index contributed by atoms with van der Waals surface area (Å²) in [6.45, 7) is 4.09. The highest BCUT2D eigenvalue weighted by atomic mass is 32.2. The molecule has 4 heteroatoms. The molecule has 0 radical (unpaired) electrons. The Labute approximate surface area is 98.0 Å². The van der Waals surface area contributed by atoms with Crippen LogP contribution >= 0.6 is 0 Å². The van der Waals surface area contributed by atoms with E-state index in [1.807, 2.05) is 13.0 Å². The van der Waals surface area contributed by atoms with Crippen molar-refractivity contribution in [3.8, 4) is 0 Å². The highest BCUT2D eigenvalue weighted by Crippen LogP contribution is 2.11. The highest BCUT2D eigenvalue weighted by Gasteiger charge is 2.06. The summed E-state index contributed by atoms with van der Waals surface area (Å²) >= 11 is 0. The summed E-state index contributed by atoms with van der Waals surface area (Å²) < 4.78 is 25.3. The minimum atomic E-state index is -3.13.